The van der Waals surface area contributed by atoms with Crippen LogP contribution in [0.5, 0.6) is 0 Å². The summed E-state index contributed by atoms with van der Waals surface area (Å²) in [4.78, 5) is 10.7. The third-order valence-corrected chi connectivity index (χ3v) is 6.21. The molecular weight excluding hydrogens is 329 g/mol. The van der Waals surface area contributed by atoms with Gasteiger partial charge in [-0.25, -0.2) is 17.5 Å². The molecule has 0 aliphatic heterocycles. The van der Waals surface area contributed by atoms with Crippen LogP contribution in [0.4, 0.5) is 4.39 Å². The Morgan fingerprint density at radius 3 is 2.85 bits per heavy atom. The zero-order valence-corrected chi connectivity index (χ0v) is 12.7. The maximum absolute atomic E-state index is 14.4. The van der Waals surface area contributed by atoms with Gasteiger partial charge in [-0.2, -0.15) is 0 Å². The van der Waals surface area contributed by atoms with Crippen LogP contribution >= 0.6 is 22.9 Å². The van der Waals surface area contributed by atoms with Crippen molar-refractivity contribution in [3.63, 3.8) is 0 Å². The van der Waals surface area contributed by atoms with Crippen LogP contribution in [-0.4, -0.2) is 31.7 Å². The summed E-state index contributed by atoms with van der Waals surface area (Å²) < 4.78 is 40.6. The van der Waals surface area contributed by atoms with Gasteiger partial charge in [0.25, 0.3) is 0 Å². The third-order valence-electron chi connectivity index (χ3n) is 3.36. The first-order valence-corrected chi connectivity index (χ1v) is 8.62. The molecule has 5 nitrogen and oxygen atoms in total. The highest BCUT2D eigenvalue weighted by molar-refractivity contribution is 7.89. The van der Waals surface area contributed by atoms with E-state index in [1.807, 2.05) is 0 Å². The summed E-state index contributed by atoms with van der Waals surface area (Å²) in [7, 11) is -3.87. The highest BCUT2D eigenvalue weighted by Gasteiger charge is 2.43. The quantitative estimate of drug-likeness (QED) is 0.860. The predicted octanol–water partition coefficient (Wildman–Crippen LogP) is 2.27. The Bertz CT molecular complexity index is 618. The van der Waals surface area contributed by atoms with Crippen molar-refractivity contribution in [3.05, 3.63) is 15.8 Å². The minimum Gasteiger partial charge on any atom is -0.481 e. The number of carboxylic acid groups (broad SMARTS) is 1. The molecule has 1 aliphatic carbocycles. The fourth-order valence-corrected chi connectivity index (χ4v) is 4.88. The Hall–Kier alpha value is -0.700. The van der Waals surface area contributed by atoms with Crippen LogP contribution in [0.25, 0.3) is 0 Å². The molecule has 0 bridgehead atoms. The molecule has 0 amide bonds. The second-order valence-electron chi connectivity index (χ2n) is 4.81. The molecule has 0 unspecified atom stereocenters. The Balaban J connectivity index is 2.02. The molecule has 1 saturated carbocycles. The molecule has 9 heteroatoms. The molecule has 2 rings (SSSR count). The van der Waals surface area contributed by atoms with E-state index in [4.69, 9.17) is 16.7 Å². The highest BCUT2D eigenvalue weighted by Crippen LogP contribution is 2.38. The number of carbonyl (C=O) groups is 1. The largest absolute Gasteiger partial charge is 0.481 e. The van der Waals surface area contributed by atoms with Crippen LogP contribution in [0.2, 0.25) is 4.34 Å². The van der Waals surface area contributed by atoms with E-state index in [2.05, 4.69) is 4.72 Å². The fraction of sp³-hybridized carbons (Fsp3) is 0.545. The molecule has 0 spiro atoms. The predicted molar refractivity (Wildman–Crippen MR) is 73.3 cm³/mol. The first kappa shape index (κ1) is 15.7. The number of rotatable bonds is 5. The standard InChI is InChI=1S/C11H13ClFNO4S2/c12-9-8(2-4-19-9)20(17,18)14-6-11(13)3-1-7(5-11)10(15)16/h2,4,7,14H,1,3,5-6H2,(H,15,16)/t7-,11+/m1/s1. The maximum Gasteiger partial charge on any atom is 0.306 e. The minimum atomic E-state index is -3.87. The smallest absolute Gasteiger partial charge is 0.306 e. The number of carboxylic acids is 1. The lowest BCUT2D eigenvalue weighted by Crippen LogP contribution is -2.38. The van der Waals surface area contributed by atoms with Gasteiger partial charge in [-0.3, -0.25) is 4.79 Å². The number of alkyl halides is 1. The van der Waals surface area contributed by atoms with Gasteiger partial charge in [0.05, 0.1) is 5.92 Å². The second-order valence-corrected chi connectivity index (χ2v) is 8.07. The Kier molecular flexibility index (Phi) is 4.38. The van der Waals surface area contributed by atoms with Gasteiger partial charge < -0.3 is 5.11 Å². The normalized spacial score (nSPS) is 26.8. The SMILES string of the molecule is O=C(O)[C@@H]1CC[C@@](F)(CNS(=O)(=O)c2ccsc2Cl)C1. The average Bonchev–Trinajstić information content (AvgIpc) is 2.94. The summed E-state index contributed by atoms with van der Waals surface area (Å²) in [5, 5.41) is 10.4. The Labute approximate surface area is 124 Å². The molecule has 1 aliphatic rings. The highest BCUT2D eigenvalue weighted by atomic mass is 35.5. The average molecular weight is 342 g/mol. The third kappa shape index (κ3) is 3.30. The van der Waals surface area contributed by atoms with E-state index in [9.17, 15) is 17.6 Å². The molecule has 2 atom stereocenters. The van der Waals surface area contributed by atoms with Crippen LogP contribution < -0.4 is 4.72 Å². The summed E-state index contributed by atoms with van der Waals surface area (Å²) in [6, 6.07) is 1.34. The van der Waals surface area contributed by atoms with Crippen LogP contribution in [0.15, 0.2) is 16.3 Å². The van der Waals surface area contributed by atoms with E-state index in [-0.39, 0.29) is 28.5 Å². The molecule has 0 aromatic carbocycles. The van der Waals surface area contributed by atoms with Gasteiger partial charge >= 0.3 is 5.97 Å². The van der Waals surface area contributed by atoms with Gasteiger partial charge in [-0.05, 0) is 30.7 Å². The van der Waals surface area contributed by atoms with E-state index in [1.165, 1.54) is 11.4 Å². The van der Waals surface area contributed by atoms with E-state index < -0.39 is 34.1 Å². The summed E-state index contributed by atoms with van der Waals surface area (Å²) in [5.74, 6) is -1.80. The van der Waals surface area contributed by atoms with Crippen molar-refractivity contribution in [1.82, 2.24) is 4.72 Å². The van der Waals surface area contributed by atoms with Crippen molar-refractivity contribution < 1.29 is 22.7 Å². The number of halogens is 2. The van der Waals surface area contributed by atoms with E-state index in [0.717, 1.165) is 11.3 Å². The summed E-state index contributed by atoms with van der Waals surface area (Å²) >= 11 is 6.81. The Morgan fingerprint density at radius 1 is 1.65 bits per heavy atom. The molecule has 20 heavy (non-hydrogen) atoms. The van der Waals surface area contributed by atoms with Crippen molar-refractivity contribution in [2.24, 2.45) is 5.92 Å². The first-order valence-electron chi connectivity index (χ1n) is 5.88. The van der Waals surface area contributed by atoms with Crippen molar-refractivity contribution in [2.45, 2.75) is 29.8 Å². The van der Waals surface area contributed by atoms with Crippen molar-refractivity contribution in [3.8, 4) is 0 Å². The number of thiophene rings is 1. The molecular formula is C11H13ClFNO4S2. The molecule has 1 heterocycles. The lowest BCUT2D eigenvalue weighted by atomic mass is 10.0. The van der Waals surface area contributed by atoms with Crippen LogP contribution in [0.3, 0.4) is 0 Å². The lowest BCUT2D eigenvalue weighted by molar-refractivity contribution is -0.141. The lowest BCUT2D eigenvalue weighted by Gasteiger charge is -2.19. The molecule has 1 aromatic heterocycles. The van der Waals surface area contributed by atoms with Crippen LogP contribution in [-0.2, 0) is 14.8 Å². The zero-order valence-electron chi connectivity index (χ0n) is 10.3. The fourth-order valence-electron chi connectivity index (χ4n) is 2.23. The van der Waals surface area contributed by atoms with E-state index in [0.29, 0.717) is 0 Å². The molecule has 0 saturated heterocycles. The maximum atomic E-state index is 14.4. The van der Waals surface area contributed by atoms with E-state index >= 15 is 0 Å². The van der Waals surface area contributed by atoms with Gasteiger partial charge in [0.1, 0.15) is 14.9 Å². The topological polar surface area (TPSA) is 83.5 Å². The van der Waals surface area contributed by atoms with Crippen LogP contribution in [0.1, 0.15) is 19.3 Å². The Morgan fingerprint density at radius 2 is 2.35 bits per heavy atom. The van der Waals surface area contributed by atoms with Gasteiger partial charge in [0, 0.05) is 6.54 Å². The van der Waals surface area contributed by atoms with Crippen LogP contribution in [0, 0.1) is 5.92 Å². The van der Waals surface area contributed by atoms with Gasteiger partial charge in [0.15, 0.2) is 0 Å². The molecule has 1 fully saturated rings. The summed E-state index contributed by atoms with van der Waals surface area (Å²) in [6.07, 6.45) is 0.0683. The number of sulfonamides is 1. The van der Waals surface area contributed by atoms with Gasteiger partial charge in [-0.15, -0.1) is 11.3 Å². The summed E-state index contributed by atoms with van der Waals surface area (Å²) in [6.45, 7) is -0.439. The number of hydrogen-bond donors (Lipinski definition) is 2. The van der Waals surface area contributed by atoms with Crippen molar-refractivity contribution in [2.75, 3.05) is 6.54 Å². The van der Waals surface area contributed by atoms with E-state index in [1.54, 1.807) is 0 Å². The number of aliphatic carboxylic acids is 1. The monoisotopic (exact) mass is 341 g/mol. The first-order chi connectivity index (χ1) is 9.23. The summed E-state index contributed by atoms with van der Waals surface area (Å²) in [5.41, 5.74) is -1.82. The molecule has 112 valence electrons. The minimum absolute atomic E-state index is 0.0316. The van der Waals surface area contributed by atoms with Crippen molar-refractivity contribution >= 4 is 38.9 Å². The van der Waals surface area contributed by atoms with Crippen molar-refractivity contribution in [1.29, 1.82) is 0 Å². The second kappa shape index (κ2) is 5.59. The number of nitrogens with one attached hydrogen (secondary N) is 1. The molecule has 2 N–H and O–H groups in total. The van der Waals surface area contributed by atoms with Gasteiger partial charge in [0.2, 0.25) is 10.0 Å². The molecule has 1 aromatic rings. The number of hydrogen-bond acceptors (Lipinski definition) is 4. The van der Waals surface area contributed by atoms with Gasteiger partial charge in [-0.1, -0.05) is 11.6 Å². The molecule has 0 radical (unpaired) electrons. The zero-order chi connectivity index (χ0) is 15.0.